The van der Waals surface area contributed by atoms with Crippen LogP contribution in [0.1, 0.15) is 24.3 Å². The highest BCUT2D eigenvalue weighted by Crippen LogP contribution is 2.18. The molecule has 2 amide bonds. The molecule has 1 heterocycles. The molecule has 0 fully saturated rings. The van der Waals surface area contributed by atoms with Crippen LogP contribution in [0.2, 0.25) is 0 Å². The minimum atomic E-state index is -0.786. The predicted octanol–water partition coefficient (Wildman–Crippen LogP) is 2.80. The van der Waals surface area contributed by atoms with Gasteiger partial charge in [0, 0.05) is 10.9 Å². The maximum atomic E-state index is 12.2. The zero-order valence-corrected chi connectivity index (χ0v) is 15.1. The molecule has 27 heavy (non-hydrogen) atoms. The largest absolute Gasteiger partial charge is 0.494 e. The standard InChI is InChI=1S/C20H21N3O4/c1-3-26-15-8-10-16(11-9-15)27-13(2)19(24)22-23-20(25)18-12-14-6-4-5-7-17(14)21-18/h4-13,21H,3H2,1-2H3,(H,22,24)(H,23,25)/t13-/m0/s1. The number of para-hydroxylation sites is 1. The van der Waals surface area contributed by atoms with E-state index in [4.69, 9.17) is 9.47 Å². The van der Waals surface area contributed by atoms with Crippen molar-refractivity contribution in [3.8, 4) is 11.5 Å². The van der Waals surface area contributed by atoms with Gasteiger partial charge in [-0.25, -0.2) is 0 Å². The van der Waals surface area contributed by atoms with Crippen LogP contribution in [-0.4, -0.2) is 29.5 Å². The first kappa shape index (κ1) is 18.3. The second-order valence-corrected chi connectivity index (χ2v) is 5.88. The molecular weight excluding hydrogens is 346 g/mol. The van der Waals surface area contributed by atoms with Crippen molar-refractivity contribution in [1.82, 2.24) is 15.8 Å². The van der Waals surface area contributed by atoms with Gasteiger partial charge in [0.15, 0.2) is 6.10 Å². The third kappa shape index (κ3) is 4.58. The lowest BCUT2D eigenvalue weighted by atomic mass is 10.2. The van der Waals surface area contributed by atoms with Crippen molar-refractivity contribution in [2.75, 3.05) is 6.61 Å². The maximum Gasteiger partial charge on any atom is 0.286 e. The van der Waals surface area contributed by atoms with E-state index in [2.05, 4.69) is 15.8 Å². The van der Waals surface area contributed by atoms with E-state index in [0.717, 1.165) is 16.7 Å². The van der Waals surface area contributed by atoms with Gasteiger partial charge in [-0.2, -0.15) is 0 Å². The maximum absolute atomic E-state index is 12.2. The summed E-state index contributed by atoms with van der Waals surface area (Å²) < 4.78 is 10.9. The fourth-order valence-corrected chi connectivity index (χ4v) is 2.52. The number of H-pyrrole nitrogens is 1. The predicted molar refractivity (Wildman–Crippen MR) is 102 cm³/mol. The Morgan fingerprint density at radius 2 is 1.74 bits per heavy atom. The molecule has 140 valence electrons. The number of carbonyl (C=O) groups is 2. The number of aromatic nitrogens is 1. The van der Waals surface area contributed by atoms with E-state index < -0.39 is 17.9 Å². The van der Waals surface area contributed by atoms with Crippen LogP contribution >= 0.6 is 0 Å². The summed E-state index contributed by atoms with van der Waals surface area (Å²) in [4.78, 5) is 27.3. The van der Waals surface area contributed by atoms with E-state index in [1.165, 1.54) is 0 Å². The third-order valence-electron chi connectivity index (χ3n) is 3.89. The van der Waals surface area contributed by atoms with Crippen LogP contribution in [0.4, 0.5) is 0 Å². The van der Waals surface area contributed by atoms with Gasteiger partial charge in [-0.1, -0.05) is 18.2 Å². The number of hydrogen-bond acceptors (Lipinski definition) is 4. The molecule has 0 radical (unpaired) electrons. The quantitative estimate of drug-likeness (QED) is 0.584. The SMILES string of the molecule is CCOc1ccc(O[C@@H](C)C(=O)NNC(=O)c2cc3ccccc3[nH]2)cc1. The van der Waals surface area contributed by atoms with Gasteiger partial charge in [0.1, 0.15) is 17.2 Å². The molecule has 0 spiro atoms. The molecule has 0 aliphatic rings. The highest BCUT2D eigenvalue weighted by Gasteiger charge is 2.16. The average molecular weight is 367 g/mol. The second-order valence-electron chi connectivity index (χ2n) is 5.88. The van der Waals surface area contributed by atoms with Crippen LogP contribution in [0.25, 0.3) is 10.9 Å². The van der Waals surface area contributed by atoms with Crippen molar-refractivity contribution >= 4 is 22.7 Å². The van der Waals surface area contributed by atoms with E-state index in [9.17, 15) is 9.59 Å². The fraction of sp³-hybridized carbons (Fsp3) is 0.200. The Morgan fingerprint density at radius 1 is 1.04 bits per heavy atom. The molecule has 2 aromatic carbocycles. The summed E-state index contributed by atoms with van der Waals surface area (Å²) >= 11 is 0. The number of aromatic amines is 1. The number of fused-ring (bicyclic) bond motifs is 1. The summed E-state index contributed by atoms with van der Waals surface area (Å²) in [5.74, 6) is 0.358. The number of nitrogens with one attached hydrogen (secondary N) is 3. The fourth-order valence-electron chi connectivity index (χ4n) is 2.52. The van der Waals surface area contributed by atoms with Crippen LogP contribution in [0, 0.1) is 0 Å². The first-order valence-corrected chi connectivity index (χ1v) is 8.64. The molecule has 1 atom stereocenters. The minimum absolute atomic E-state index is 0.358. The van der Waals surface area contributed by atoms with Gasteiger partial charge in [-0.15, -0.1) is 0 Å². The Hall–Kier alpha value is -3.48. The molecule has 0 saturated carbocycles. The second kappa shape index (κ2) is 8.27. The summed E-state index contributed by atoms with van der Waals surface area (Å²) in [7, 11) is 0. The minimum Gasteiger partial charge on any atom is -0.494 e. The van der Waals surface area contributed by atoms with Crippen LogP contribution in [-0.2, 0) is 4.79 Å². The van der Waals surface area contributed by atoms with Crippen LogP contribution in [0.5, 0.6) is 11.5 Å². The van der Waals surface area contributed by atoms with E-state index in [1.807, 2.05) is 31.2 Å². The van der Waals surface area contributed by atoms with Crippen molar-refractivity contribution in [3.05, 3.63) is 60.3 Å². The Labute approximate surface area is 156 Å². The Kier molecular flexibility index (Phi) is 5.61. The molecule has 3 N–H and O–H groups in total. The van der Waals surface area contributed by atoms with Crippen molar-refractivity contribution < 1.29 is 19.1 Å². The number of rotatable bonds is 6. The normalized spacial score (nSPS) is 11.6. The smallest absolute Gasteiger partial charge is 0.286 e. The Bertz CT molecular complexity index is 901. The number of benzene rings is 2. The summed E-state index contributed by atoms with van der Waals surface area (Å²) in [5.41, 5.74) is 5.96. The third-order valence-corrected chi connectivity index (χ3v) is 3.89. The molecule has 0 bridgehead atoms. The van der Waals surface area contributed by atoms with E-state index in [0.29, 0.717) is 18.1 Å². The molecule has 1 aromatic heterocycles. The monoisotopic (exact) mass is 367 g/mol. The Balaban J connectivity index is 1.52. The van der Waals surface area contributed by atoms with Crippen molar-refractivity contribution in [1.29, 1.82) is 0 Å². The molecule has 0 unspecified atom stereocenters. The van der Waals surface area contributed by atoms with Gasteiger partial charge >= 0.3 is 0 Å². The number of amides is 2. The van der Waals surface area contributed by atoms with Crippen LogP contribution < -0.4 is 20.3 Å². The van der Waals surface area contributed by atoms with Crippen molar-refractivity contribution in [2.24, 2.45) is 0 Å². The van der Waals surface area contributed by atoms with Gasteiger partial charge in [0.05, 0.1) is 6.61 Å². The van der Waals surface area contributed by atoms with Crippen LogP contribution in [0.3, 0.4) is 0 Å². The number of carbonyl (C=O) groups excluding carboxylic acids is 2. The number of hydrazine groups is 1. The molecule has 0 aliphatic heterocycles. The van der Waals surface area contributed by atoms with Gasteiger partial charge in [-0.3, -0.25) is 20.4 Å². The van der Waals surface area contributed by atoms with Crippen LogP contribution in [0.15, 0.2) is 54.6 Å². The Morgan fingerprint density at radius 3 is 2.44 bits per heavy atom. The summed E-state index contributed by atoms with van der Waals surface area (Å²) in [6.07, 6.45) is -0.786. The molecule has 3 aromatic rings. The zero-order valence-electron chi connectivity index (χ0n) is 15.1. The lowest BCUT2D eigenvalue weighted by Gasteiger charge is -2.15. The van der Waals surface area contributed by atoms with E-state index >= 15 is 0 Å². The average Bonchev–Trinajstić information content (AvgIpc) is 3.12. The lowest BCUT2D eigenvalue weighted by Crippen LogP contribution is -2.47. The molecule has 7 heteroatoms. The summed E-state index contributed by atoms with van der Waals surface area (Å²) in [6, 6.07) is 16.2. The van der Waals surface area contributed by atoms with Gasteiger partial charge in [0.2, 0.25) is 0 Å². The van der Waals surface area contributed by atoms with Crippen molar-refractivity contribution in [2.45, 2.75) is 20.0 Å². The number of ether oxygens (including phenoxy) is 2. The zero-order chi connectivity index (χ0) is 19.2. The summed E-state index contributed by atoms with van der Waals surface area (Å²) in [6.45, 7) is 4.08. The topological polar surface area (TPSA) is 92.4 Å². The van der Waals surface area contributed by atoms with E-state index in [-0.39, 0.29) is 0 Å². The van der Waals surface area contributed by atoms with Gasteiger partial charge in [-0.05, 0) is 50.2 Å². The highest BCUT2D eigenvalue weighted by atomic mass is 16.5. The summed E-state index contributed by atoms with van der Waals surface area (Å²) in [5, 5.41) is 0.918. The highest BCUT2D eigenvalue weighted by molar-refractivity contribution is 5.98. The molecule has 7 nitrogen and oxygen atoms in total. The number of hydrogen-bond donors (Lipinski definition) is 3. The first-order valence-electron chi connectivity index (χ1n) is 8.64. The van der Waals surface area contributed by atoms with Crippen molar-refractivity contribution in [3.63, 3.8) is 0 Å². The molecule has 3 rings (SSSR count). The molecule has 0 aliphatic carbocycles. The molecule has 0 saturated heterocycles. The van der Waals surface area contributed by atoms with Gasteiger partial charge < -0.3 is 14.5 Å². The van der Waals surface area contributed by atoms with Gasteiger partial charge in [0.25, 0.3) is 11.8 Å². The lowest BCUT2D eigenvalue weighted by molar-refractivity contribution is -0.128. The van der Waals surface area contributed by atoms with E-state index in [1.54, 1.807) is 37.3 Å². The molecular formula is C20H21N3O4. The first-order chi connectivity index (χ1) is 13.1.